The summed E-state index contributed by atoms with van der Waals surface area (Å²) in [7, 11) is 0. The van der Waals surface area contributed by atoms with Crippen molar-refractivity contribution >= 4 is 5.91 Å². The van der Waals surface area contributed by atoms with Gasteiger partial charge in [-0.25, -0.2) is 0 Å². The summed E-state index contributed by atoms with van der Waals surface area (Å²) < 4.78 is 1.85. The van der Waals surface area contributed by atoms with Gasteiger partial charge in [0.25, 0.3) is 5.91 Å². The monoisotopic (exact) mass is 401 g/mol. The van der Waals surface area contributed by atoms with Crippen LogP contribution in [0.5, 0.6) is 0 Å². The van der Waals surface area contributed by atoms with E-state index in [9.17, 15) is 4.79 Å². The van der Waals surface area contributed by atoms with E-state index in [0.717, 1.165) is 39.0 Å². The van der Waals surface area contributed by atoms with Crippen LogP contribution in [0.4, 0.5) is 0 Å². The first-order valence-electron chi connectivity index (χ1n) is 10.8. The number of carbonyl (C=O) groups excluding carboxylic acids is 1. The fourth-order valence-electron chi connectivity index (χ4n) is 4.66. The molecule has 0 spiro atoms. The van der Waals surface area contributed by atoms with Gasteiger partial charge in [0.1, 0.15) is 0 Å². The van der Waals surface area contributed by atoms with Crippen molar-refractivity contribution in [1.29, 1.82) is 0 Å². The molecule has 0 saturated carbocycles. The zero-order valence-corrected chi connectivity index (χ0v) is 17.2. The van der Waals surface area contributed by atoms with Crippen LogP contribution in [0, 0.1) is 0 Å². The minimum atomic E-state index is -0.0247. The lowest BCUT2D eigenvalue weighted by Gasteiger charge is -2.28. The standard InChI is InChI=1S/C24H27N5O/c30-24(28-14-12-20-9-4-5-10-21(20)16-28)23-18-29(26-25-23)17-22-11-6-13-27(22)15-19-7-2-1-3-8-19/h1-5,7-10,18,22H,6,11-17H2. The first kappa shape index (κ1) is 19.0. The lowest BCUT2D eigenvalue weighted by Crippen LogP contribution is -2.36. The van der Waals surface area contributed by atoms with Gasteiger partial charge < -0.3 is 4.90 Å². The number of hydrogen-bond acceptors (Lipinski definition) is 4. The van der Waals surface area contributed by atoms with Crippen molar-refractivity contribution in [1.82, 2.24) is 24.8 Å². The molecule has 2 aliphatic rings. The summed E-state index contributed by atoms with van der Waals surface area (Å²) in [6.45, 7) is 4.22. The Labute approximate surface area is 177 Å². The Hall–Kier alpha value is -2.99. The van der Waals surface area contributed by atoms with E-state index in [-0.39, 0.29) is 5.91 Å². The Kier molecular flexibility index (Phi) is 5.32. The second-order valence-electron chi connectivity index (χ2n) is 8.32. The molecule has 1 fully saturated rings. The van der Waals surface area contributed by atoms with E-state index >= 15 is 0 Å². The van der Waals surface area contributed by atoms with E-state index < -0.39 is 0 Å². The SMILES string of the molecule is O=C(c1cn(CC2CCCN2Cc2ccccc2)nn1)N1CCc2ccccc2C1. The Bertz CT molecular complexity index is 1020. The minimum absolute atomic E-state index is 0.0247. The third-order valence-electron chi connectivity index (χ3n) is 6.30. The van der Waals surface area contributed by atoms with E-state index in [1.807, 2.05) is 21.8 Å². The van der Waals surface area contributed by atoms with Crippen LogP contribution in [-0.2, 0) is 26.1 Å². The molecule has 30 heavy (non-hydrogen) atoms. The fourth-order valence-corrected chi connectivity index (χ4v) is 4.66. The molecule has 3 aromatic rings. The first-order chi connectivity index (χ1) is 14.8. The average Bonchev–Trinajstić information content (AvgIpc) is 3.44. The van der Waals surface area contributed by atoms with Gasteiger partial charge in [-0.15, -0.1) is 5.10 Å². The molecule has 1 amide bonds. The van der Waals surface area contributed by atoms with Gasteiger partial charge in [0.2, 0.25) is 0 Å². The van der Waals surface area contributed by atoms with Crippen molar-refractivity contribution < 1.29 is 4.79 Å². The van der Waals surface area contributed by atoms with Crippen LogP contribution in [0.15, 0.2) is 60.8 Å². The Morgan fingerprint density at radius 1 is 1.00 bits per heavy atom. The number of hydrogen-bond donors (Lipinski definition) is 0. The zero-order chi connectivity index (χ0) is 20.3. The molecule has 2 aliphatic heterocycles. The molecule has 2 aromatic carbocycles. The molecule has 1 unspecified atom stereocenters. The molecule has 3 heterocycles. The van der Waals surface area contributed by atoms with Crippen molar-refractivity contribution in [3.05, 3.63) is 83.2 Å². The van der Waals surface area contributed by atoms with Crippen LogP contribution in [0.2, 0.25) is 0 Å². The minimum Gasteiger partial charge on any atom is -0.333 e. The number of aromatic nitrogens is 3. The molecule has 6 heteroatoms. The molecule has 1 aromatic heterocycles. The maximum Gasteiger partial charge on any atom is 0.276 e. The largest absolute Gasteiger partial charge is 0.333 e. The number of rotatable bonds is 5. The van der Waals surface area contributed by atoms with Gasteiger partial charge >= 0.3 is 0 Å². The van der Waals surface area contributed by atoms with Gasteiger partial charge in [-0.05, 0) is 42.5 Å². The van der Waals surface area contributed by atoms with E-state index in [2.05, 4.69) is 63.7 Å². The highest BCUT2D eigenvalue weighted by Gasteiger charge is 2.27. The van der Waals surface area contributed by atoms with Gasteiger partial charge in [-0.1, -0.05) is 59.8 Å². The summed E-state index contributed by atoms with van der Waals surface area (Å²) in [4.78, 5) is 17.4. The highest BCUT2D eigenvalue weighted by atomic mass is 16.2. The summed E-state index contributed by atoms with van der Waals surface area (Å²) in [6, 6.07) is 19.4. The molecule has 1 saturated heterocycles. The van der Waals surface area contributed by atoms with Crippen molar-refractivity contribution in [3.63, 3.8) is 0 Å². The van der Waals surface area contributed by atoms with Crippen LogP contribution >= 0.6 is 0 Å². The van der Waals surface area contributed by atoms with Gasteiger partial charge in [0.15, 0.2) is 5.69 Å². The second kappa shape index (κ2) is 8.40. The number of likely N-dealkylation sites (tertiary alicyclic amines) is 1. The highest BCUT2D eigenvalue weighted by Crippen LogP contribution is 2.22. The second-order valence-corrected chi connectivity index (χ2v) is 8.32. The van der Waals surface area contributed by atoms with E-state index in [1.165, 1.54) is 23.1 Å². The van der Waals surface area contributed by atoms with Crippen molar-refractivity contribution in [2.75, 3.05) is 13.1 Å². The van der Waals surface area contributed by atoms with Gasteiger partial charge in [0, 0.05) is 25.7 Å². The maximum absolute atomic E-state index is 13.0. The van der Waals surface area contributed by atoms with Crippen molar-refractivity contribution in [2.45, 2.75) is 44.9 Å². The lowest BCUT2D eigenvalue weighted by atomic mass is 10.00. The van der Waals surface area contributed by atoms with Crippen LogP contribution in [0.1, 0.15) is 40.0 Å². The summed E-state index contributed by atoms with van der Waals surface area (Å²) in [5.41, 5.74) is 4.35. The van der Waals surface area contributed by atoms with Crippen LogP contribution in [0.25, 0.3) is 0 Å². The Balaban J connectivity index is 1.23. The first-order valence-corrected chi connectivity index (χ1v) is 10.8. The summed E-state index contributed by atoms with van der Waals surface area (Å²) in [5, 5.41) is 8.48. The molecule has 0 radical (unpaired) electrons. The molecular formula is C24H27N5O. The third kappa shape index (κ3) is 4.00. The van der Waals surface area contributed by atoms with E-state index in [0.29, 0.717) is 18.3 Å². The lowest BCUT2D eigenvalue weighted by molar-refractivity contribution is 0.0728. The van der Waals surface area contributed by atoms with E-state index in [4.69, 9.17) is 0 Å². The highest BCUT2D eigenvalue weighted by molar-refractivity contribution is 5.92. The predicted octanol–water partition coefficient (Wildman–Crippen LogP) is 3.14. The van der Waals surface area contributed by atoms with Gasteiger partial charge in [-0.3, -0.25) is 14.4 Å². The Morgan fingerprint density at radius 3 is 2.67 bits per heavy atom. The van der Waals surface area contributed by atoms with Gasteiger partial charge in [-0.2, -0.15) is 0 Å². The van der Waals surface area contributed by atoms with Crippen LogP contribution < -0.4 is 0 Å². The predicted molar refractivity (Wildman–Crippen MR) is 115 cm³/mol. The number of fused-ring (bicyclic) bond motifs is 1. The Morgan fingerprint density at radius 2 is 1.80 bits per heavy atom. The van der Waals surface area contributed by atoms with Crippen LogP contribution in [0.3, 0.4) is 0 Å². The third-order valence-corrected chi connectivity index (χ3v) is 6.30. The summed E-state index contributed by atoms with van der Waals surface area (Å²) in [5.74, 6) is -0.0247. The van der Waals surface area contributed by atoms with Crippen molar-refractivity contribution in [3.8, 4) is 0 Å². The molecule has 154 valence electrons. The maximum atomic E-state index is 13.0. The van der Waals surface area contributed by atoms with E-state index in [1.54, 1.807) is 0 Å². The topological polar surface area (TPSA) is 54.3 Å². The summed E-state index contributed by atoms with van der Waals surface area (Å²) in [6.07, 6.45) is 5.07. The number of nitrogens with zero attached hydrogens (tertiary/aromatic N) is 5. The normalized spacial score (nSPS) is 19.1. The van der Waals surface area contributed by atoms with Crippen molar-refractivity contribution in [2.24, 2.45) is 0 Å². The molecule has 1 atom stereocenters. The number of amides is 1. The molecule has 0 aliphatic carbocycles. The number of carbonyl (C=O) groups is 1. The molecular weight excluding hydrogens is 374 g/mol. The summed E-state index contributed by atoms with van der Waals surface area (Å²) >= 11 is 0. The zero-order valence-electron chi connectivity index (χ0n) is 17.2. The molecule has 0 N–H and O–H groups in total. The molecule has 6 nitrogen and oxygen atoms in total. The fraction of sp³-hybridized carbons (Fsp3) is 0.375. The van der Waals surface area contributed by atoms with Gasteiger partial charge in [0.05, 0.1) is 12.7 Å². The number of benzene rings is 2. The average molecular weight is 402 g/mol. The van der Waals surface area contributed by atoms with Crippen LogP contribution in [-0.4, -0.2) is 49.8 Å². The quantitative estimate of drug-likeness (QED) is 0.659. The smallest absolute Gasteiger partial charge is 0.276 e. The molecule has 5 rings (SSSR count). The molecule has 0 bridgehead atoms.